The van der Waals surface area contributed by atoms with E-state index in [0.29, 0.717) is 6.54 Å². The Kier molecular flexibility index (Phi) is 2.70. The largest absolute Gasteiger partial charge is 0.481 e. The number of carbonyl (C=O) groups is 1. The molecular formula is C9H14N2O2. The van der Waals surface area contributed by atoms with Gasteiger partial charge in [-0.15, -0.1) is 0 Å². The van der Waals surface area contributed by atoms with Gasteiger partial charge in [0, 0.05) is 6.54 Å². The predicted octanol–water partition coefficient (Wildman–Crippen LogP) is 1.40. The molecule has 1 aromatic rings. The van der Waals surface area contributed by atoms with Crippen LogP contribution >= 0.6 is 0 Å². The van der Waals surface area contributed by atoms with Crippen molar-refractivity contribution in [1.29, 1.82) is 0 Å². The van der Waals surface area contributed by atoms with Crippen molar-refractivity contribution < 1.29 is 9.90 Å². The molecule has 0 bridgehead atoms. The summed E-state index contributed by atoms with van der Waals surface area (Å²) in [4.78, 5) is 10.7. The predicted molar refractivity (Wildman–Crippen MR) is 48.7 cm³/mol. The first-order chi connectivity index (χ1) is 6.06. The molecule has 1 unspecified atom stereocenters. The third-order valence-corrected chi connectivity index (χ3v) is 2.05. The molecule has 1 rings (SSSR count). The zero-order valence-electron chi connectivity index (χ0n) is 8.11. The van der Waals surface area contributed by atoms with Gasteiger partial charge in [0.15, 0.2) is 0 Å². The van der Waals surface area contributed by atoms with E-state index in [1.807, 2.05) is 19.9 Å². The summed E-state index contributed by atoms with van der Waals surface area (Å²) in [7, 11) is 0. The molecule has 0 saturated carbocycles. The van der Waals surface area contributed by atoms with Crippen LogP contribution in [-0.2, 0) is 11.3 Å². The standard InChI is InChI=1S/C9H14N2O2/c1-4-11-8(5-6(2)10-11)7(3)9(12)13/h5,7H,4H2,1-3H3,(H,12,13). The summed E-state index contributed by atoms with van der Waals surface area (Å²) in [6.45, 7) is 6.19. The first-order valence-corrected chi connectivity index (χ1v) is 4.33. The Bertz CT molecular complexity index is 317. The van der Waals surface area contributed by atoms with E-state index in [4.69, 9.17) is 5.11 Å². The molecule has 4 nitrogen and oxygen atoms in total. The van der Waals surface area contributed by atoms with E-state index in [1.165, 1.54) is 0 Å². The summed E-state index contributed by atoms with van der Waals surface area (Å²) in [6, 6.07) is 1.82. The lowest BCUT2D eigenvalue weighted by atomic mass is 10.1. The number of carboxylic acids is 1. The normalized spacial score (nSPS) is 12.8. The van der Waals surface area contributed by atoms with Crippen LogP contribution in [-0.4, -0.2) is 20.9 Å². The highest BCUT2D eigenvalue weighted by atomic mass is 16.4. The SMILES string of the molecule is CCn1nc(C)cc1C(C)C(=O)O. The Hall–Kier alpha value is -1.32. The number of aryl methyl sites for hydroxylation is 2. The van der Waals surface area contributed by atoms with Gasteiger partial charge in [0.25, 0.3) is 0 Å². The molecule has 0 radical (unpaired) electrons. The summed E-state index contributed by atoms with van der Waals surface area (Å²) in [5, 5.41) is 13.0. The zero-order chi connectivity index (χ0) is 10.0. The minimum Gasteiger partial charge on any atom is -0.481 e. The van der Waals surface area contributed by atoms with Crippen molar-refractivity contribution in [3.8, 4) is 0 Å². The van der Waals surface area contributed by atoms with Crippen LogP contribution in [0.4, 0.5) is 0 Å². The average molecular weight is 182 g/mol. The number of hydrogen-bond donors (Lipinski definition) is 1. The van der Waals surface area contributed by atoms with E-state index in [0.717, 1.165) is 11.4 Å². The Morgan fingerprint density at radius 1 is 1.77 bits per heavy atom. The number of nitrogens with zero attached hydrogens (tertiary/aromatic N) is 2. The Morgan fingerprint density at radius 2 is 2.38 bits per heavy atom. The summed E-state index contributed by atoms with van der Waals surface area (Å²) < 4.78 is 1.73. The molecule has 0 aromatic carbocycles. The van der Waals surface area contributed by atoms with Gasteiger partial charge in [-0.2, -0.15) is 5.10 Å². The molecule has 1 atom stereocenters. The minimum atomic E-state index is -0.811. The summed E-state index contributed by atoms with van der Waals surface area (Å²) in [5.41, 5.74) is 1.64. The number of rotatable bonds is 3. The van der Waals surface area contributed by atoms with Crippen LogP contribution in [0.1, 0.15) is 31.2 Å². The van der Waals surface area contributed by atoms with E-state index < -0.39 is 11.9 Å². The maximum absolute atomic E-state index is 10.7. The van der Waals surface area contributed by atoms with Crippen molar-refractivity contribution in [3.63, 3.8) is 0 Å². The Labute approximate surface area is 77.2 Å². The van der Waals surface area contributed by atoms with Crippen LogP contribution < -0.4 is 0 Å². The molecule has 0 saturated heterocycles. The summed E-state index contributed by atoms with van der Waals surface area (Å²) in [5.74, 6) is -1.30. The van der Waals surface area contributed by atoms with Gasteiger partial charge >= 0.3 is 5.97 Å². The molecule has 1 aromatic heterocycles. The van der Waals surface area contributed by atoms with E-state index in [-0.39, 0.29) is 0 Å². The van der Waals surface area contributed by atoms with Crippen LogP contribution in [0.5, 0.6) is 0 Å². The van der Waals surface area contributed by atoms with Gasteiger partial charge in [0.1, 0.15) is 0 Å². The molecule has 1 heterocycles. The van der Waals surface area contributed by atoms with Gasteiger partial charge in [0.05, 0.1) is 17.3 Å². The van der Waals surface area contributed by atoms with Crippen molar-refractivity contribution in [2.24, 2.45) is 0 Å². The first-order valence-electron chi connectivity index (χ1n) is 4.33. The molecule has 13 heavy (non-hydrogen) atoms. The van der Waals surface area contributed by atoms with Crippen molar-refractivity contribution in [2.45, 2.75) is 33.2 Å². The fraction of sp³-hybridized carbons (Fsp3) is 0.556. The monoisotopic (exact) mass is 182 g/mol. The molecule has 0 aliphatic heterocycles. The second kappa shape index (κ2) is 3.60. The highest BCUT2D eigenvalue weighted by Gasteiger charge is 2.18. The molecule has 72 valence electrons. The number of carboxylic acid groups (broad SMARTS) is 1. The average Bonchev–Trinajstić information content (AvgIpc) is 2.45. The molecule has 0 spiro atoms. The van der Waals surface area contributed by atoms with E-state index in [9.17, 15) is 4.79 Å². The number of aromatic nitrogens is 2. The van der Waals surface area contributed by atoms with Crippen LogP contribution in [0, 0.1) is 6.92 Å². The second-order valence-corrected chi connectivity index (χ2v) is 3.09. The van der Waals surface area contributed by atoms with Crippen molar-refractivity contribution in [1.82, 2.24) is 9.78 Å². The van der Waals surface area contributed by atoms with Crippen LogP contribution in [0.15, 0.2) is 6.07 Å². The first kappa shape index (κ1) is 9.77. The van der Waals surface area contributed by atoms with Gasteiger partial charge in [-0.05, 0) is 26.8 Å². The fourth-order valence-electron chi connectivity index (χ4n) is 1.29. The van der Waals surface area contributed by atoms with Gasteiger partial charge in [0.2, 0.25) is 0 Å². The minimum absolute atomic E-state index is 0.485. The lowest BCUT2D eigenvalue weighted by Crippen LogP contribution is -2.13. The fourth-order valence-corrected chi connectivity index (χ4v) is 1.29. The van der Waals surface area contributed by atoms with Crippen LogP contribution in [0.25, 0.3) is 0 Å². The highest BCUT2D eigenvalue weighted by Crippen LogP contribution is 2.16. The zero-order valence-corrected chi connectivity index (χ0v) is 8.11. The molecule has 0 aliphatic carbocycles. The van der Waals surface area contributed by atoms with E-state index in [2.05, 4.69) is 5.10 Å². The van der Waals surface area contributed by atoms with Gasteiger partial charge in [-0.3, -0.25) is 9.48 Å². The van der Waals surface area contributed by atoms with Crippen LogP contribution in [0.2, 0.25) is 0 Å². The lowest BCUT2D eigenvalue weighted by molar-refractivity contribution is -0.138. The smallest absolute Gasteiger partial charge is 0.312 e. The van der Waals surface area contributed by atoms with E-state index in [1.54, 1.807) is 11.6 Å². The quantitative estimate of drug-likeness (QED) is 0.768. The lowest BCUT2D eigenvalue weighted by Gasteiger charge is -2.07. The summed E-state index contributed by atoms with van der Waals surface area (Å²) >= 11 is 0. The molecule has 0 aliphatic rings. The van der Waals surface area contributed by atoms with Crippen molar-refractivity contribution >= 4 is 5.97 Å². The maximum atomic E-state index is 10.7. The Morgan fingerprint density at radius 3 is 2.85 bits per heavy atom. The highest BCUT2D eigenvalue weighted by molar-refractivity contribution is 5.74. The number of hydrogen-bond acceptors (Lipinski definition) is 2. The van der Waals surface area contributed by atoms with Crippen molar-refractivity contribution in [3.05, 3.63) is 17.5 Å². The van der Waals surface area contributed by atoms with E-state index >= 15 is 0 Å². The maximum Gasteiger partial charge on any atom is 0.312 e. The topological polar surface area (TPSA) is 55.1 Å². The van der Waals surface area contributed by atoms with Gasteiger partial charge in [-0.25, -0.2) is 0 Å². The molecule has 4 heteroatoms. The molecule has 1 N–H and O–H groups in total. The molecule has 0 amide bonds. The van der Waals surface area contributed by atoms with Crippen molar-refractivity contribution in [2.75, 3.05) is 0 Å². The third-order valence-electron chi connectivity index (χ3n) is 2.05. The third kappa shape index (κ3) is 1.88. The van der Waals surface area contributed by atoms with Crippen LogP contribution in [0.3, 0.4) is 0 Å². The van der Waals surface area contributed by atoms with Gasteiger partial charge < -0.3 is 5.11 Å². The summed E-state index contributed by atoms with van der Waals surface area (Å²) in [6.07, 6.45) is 0. The second-order valence-electron chi connectivity index (χ2n) is 3.09. The number of aliphatic carboxylic acids is 1. The molecule has 0 fully saturated rings. The van der Waals surface area contributed by atoms with Gasteiger partial charge in [-0.1, -0.05) is 0 Å². The Balaban J connectivity index is 3.05. The molecular weight excluding hydrogens is 168 g/mol.